The summed E-state index contributed by atoms with van der Waals surface area (Å²) in [5.74, 6) is 1.19. The normalized spacial score (nSPS) is 12.9. The van der Waals surface area contributed by atoms with Crippen LogP contribution in [0.5, 0.6) is 0 Å². The Morgan fingerprint density at radius 2 is 2.11 bits per heavy atom. The van der Waals surface area contributed by atoms with Gasteiger partial charge in [0.2, 0.25) is 5.82 Å². The lowest BCUT2D eigenvalue weighted by Gasteiger charge is -2.14. The number of benzene rings is 1. The number of halogens is 1. The van der Waals surface area contributed by atoms with Crippen molar-refractivity contribution in [1.29, 1.82) is 0 Å². The number of nitrogen functional groups attached to an aromatic ring is 1. The van der Waals surface area contributed by atoms with E-state index < -0.39 is 0 Å². The first-order valence-corrected chi connectivity index (χ1v) is 6.74. The molecule has 1 aromatic heterocycles. The van der Waals surface area contributed by atoms with Crippen LogP contribution in [-0.2, 0) is 4.74 Å². The summed E-state index contributed by atoms with van der Waals surface area (Å²) in [7, 11) is 1.63. The molecule has 2 N–H and O–H groups in total. The molecule has 2 aromatic rings. The highest BCUT2D eigenvalue weighted by Crippen LogP contribution is 2.32. The molecule has 102 valence electrons. The molecule has 0 spiro atoms. The topological polar surface area (TPSA) is 74.2 Å². The molecule has 0 fully saturated rings. The number of anilines is 1. The van der Waals surface area contributed by atoms with Crippen molar-refractivity contribution in [3.63, 3.8) is 0 Å². The first-order chi connectivity index (χ1) is 9.04. The van der Waals surface area contributed by atoms with Crippen molar-refractivity contribution in [2.75, 3.05) is 12.8 Å². The molecular weight excluding hydrogens is 310 g/mol. The van der Waals surface area contributed by atoms with Gasteiger partial charge in [-0.05, 0) is 34.0 Å². The third-order valence-electron chi connectivity index (χ3n) is 2.84. The number of ether oxygens (including phenoxy) is 1. The highest BCUT2D eigenvalue weighted by Gasteiger charge is 2.22. The third kappa shape index (κ3) is 2.79. The van der Waals surface area contributed by atoms with E-state index in [-0.39, 0.29) is 12.0 Å². The molecule has 1 unspecified atom stereocenters. The Hall–Kier alpha value is -1.40. The van der Waals surface area contributed by atoms with Crippen LogP contribution in [0.4, 0.5) is 5.69 Å². The van der Waals surface area contributed by atoms with Crippen LogP contribution < -0.4 is 5.73 Å². The van der Waals surface area contributed by atoms with Gasteiger partial charge in [-0.15, -0.1) is 0 Å². The minimum absolute atomic E-state index is 0.189. The maximum absolute atomic E-state index is 5.99. The van der Waals surface area contributed by atoms with Crippen LogP contribution in [-0.4, -0.2) is 17.3 Å². The molecule has 0 aliphatic rings. The van der Waals surface area contributed by atoms with E-state index in [1.54, 1.807) is 7.11 Å². The smallest absolute Gasteiger partial charge is 0.260 e. The predicted octanol–water partition coefficient (Wildman–Crippen LogP) is 3.42. The number of nitrogens with two attached hydrogens (primary N) is 1. The van der Waals surface area contributed by atoms with Gasteiger partial charge in [0.15, 0.2) is 0 Å². The Bertz CT molecular complexity index is 569. The number of aromatic nitrogens is 2. The first-order valence-electron chi connectivity index (χ1n) is 5.95. The van der Waals surface area contributed by atoms with E-state index in [9.17, 15) is 0 Å². The summed E-state index contributed by atoms with van der Waals surface area (Å²) >= 11 is 3.38. The van der Waals surface area contributed by atoms with Gasteiger partial charge in [0.05, 0.1) is 11.3 Å². The number of nitrogens with zero attached hydrogens (tertiary/aromatic N) is 2. The predicted molar refractivity (Wildman–Crippen MR) is 76.4 cm³/mol. The summed E-state index contributed by atoms with van der Waals surface area (Å²) in [6, 6.07) is 5.58. The quantitative estimate of drug-likeness (QED) is 0.872. The SMILES string of the molecule is COC(c1noc(-c2cccc(Br)c2N)n1)C(C)C. The Balaban J connectivity index is 2.38. The highest BCUT2D eigenvalue weighted by atomic mass is 79.9. The fraction of sp³-hybridized carbons (Fsp3) is 0.385. The van der Waals surface area contributed by atoms with Crippen LogP contribution in [0.15, 0.2) is 27.2 Å². The summed E-state index contributed by atoms with van der Waals surface area (Å²) in [5, 5.41) is 3.97. The third-order valence-corrected chi connectivity index (χ3v) is 3.53. The molecule has 0 saturated carbocycles. The number of para-hydroxylation sites is 1. The molecule has 0 radical (unpaired) electrons. The van der Waals surface area contributed by atoms with E-state index in [1.807, 2.05) is 32.0 Å². The highest BCUT2D eigenvalue weighted by molar-refractivity contribution is 9.10. The standard InChI is InChI=1S/C13H16BrN3O2/c1-7(2)11(18-3)12-16-13(19-17-12)8-5-4-6-9(14)10(8)15/h4-7,11H,15H2,1-3H3. The second-order valence-corrected chi connectivity index (χ2v) is 5.41. The van der Waals surface area contributed by atoms with Gasteiger partial charge < -0.3 is 15.0 Å². The molecule has 0 aliphatic carbocycles. The van der Waals surface area contributed by atoms with Crippen LogP contribution in [0.1, 0.15) is 25.8 Å². The summed E-state index contributed by atoms with van der Waals surface area (Å²) < 4.78 is 11.5. The van der Waals surface area contributed by atoms with Gasteiger partial charge >= 0.3 is 0 Å². The van der Waals surface area contributed by atoms with Crippen molar-refractivity contribution in [3.05, 3.63) is 28.5 Å². The van der Waals surface area contributed by atoms with Crippen LogP contribution in [0.2, 0.25) is 0 Å². The molecule has 6 heteroatoms. The van der Waals surface area contributed by atoms with E-state index in [0.29, 0.717) is 23.0 Å². The van der Waals surface area contributed by atoms with Gasteiger partial charge in [0.1, 0.15) is 6.10 Å². The molecule has 19 heavy (non-hydrogen) atoms. The van der Waals surface area contributed by atoms with Crippen molar-refractivity contribution in [2.45, 2.75) is 20.0 Å². The number of hydrogen-bond acceptors (Lipinski definition) is 5. The second kappa shape index (κ2) is 5.71. The van der Waals surface area contributed by atoms with Gasteiger partial charge in [-0.3, -0.25) is 0 Å². The molecule has 1 aromatic carbocycles. The lowest BCUT2D eigenvalue weighted by atomic mass is 10.1. The molecule has 0 aliphatic heterocycles. The number of hydrogen-bond donors (Lipinski definition) is 1. The van der Waals surface area contributed by atoms with Crippen molar-refractivity contribution in [3.8, 4) is 11.5 Å². The van der Waals surface area contributed by atoms with Crippen LogP contribution in [0, 0.1) is 5.92 Å². The molecule has 0 saturated heterocycles. The molecule has 5 nitrogen and oxygen atoms in total. The van der Waals surface area contributed by atoms with Crippen molar-refractivity contribution in [1.82, 2.24) is 10.1 Å². The van der Waals surface area contributed by atoms with Gasteiger partial charge in [-0.25, -0.2) is 0 Å². The maximum Gasteiger partial charge on any atom is 0.260 e. The molecule has 0 bridgehead atoms. The Morgan fingerprint density at radius 3 is 2.74 bits per heavy atom. The molecule has 1 heterocycles. The molecule has 1 atom stereocenters. The molecule has 0 amide bonds. The van der Waals surface area contributed by atoms with Gasteiger partial charge in [0.25, 0.3) is 5.89 Å². The van der Waals surface area contributed by atoms with E-state index in [1.165, 1.54) is 0 Å². The van der Waals surface area contributed by atoms with Crippen LogP contribution >= 0.6 is 15.9 Å². The van der Waals surface area contributed by atoms with Gasteiger partial charge in [-0.2, -0.15) is 4.98 Å². The summed E-state index contributed by atoms with van der Waals surface area (Å²) in [6.45, 7) is 4.08. The monoisotopic (exact) mass is 325 g/mol. The first kappa shape index (κ1) is 14.0. The fourth-order valence-corrected chi connectivity index (χ4v) is 2.23. The van der Waals surface area contributed by atoms with Crippen molar-refractivity contribution >= 4 is 21.6 Å². The Kier molecular flexibility index (Phi) is 4.21. The summed E-state index contributed by atoms with van der Waals surface area (Å²) in [4.78, 5) is 4.37. The van der Waals surface area contributed by atoms with Gasteiger partial charge in [-0.1, -0.05) is 25.1 Å². The molecule has 2 rings (SSSR count). The largest absolute Gasteiger partial charge is 0.397 e. The van der Waals surface area contributed by atoms with E-state index in [2.05, 4.69) is 26.1 Å². The average Bonchev–Trinajstić information content (AvgIpc) is 2.82. The summed E-state index contributed by atoms with van der Waals surface area (Å²) in [6.07, 6.45) is -0.189. The van der Waals surface area contributed by atoms with E-state index in [4.69, 9.17) is 15.0 Å². The zero-order valence-corrected chi connectivity index (χ0v) is 12.6. The lowest BCUT2D eigenvalue weighted by molar-refractivity contribution is 0.0556. The fourth-order valence-electron chi connectivity index (χ4n) is 1.86. The van der Waals surface area contributed by atoms with Crippen LogP contribution in [0.3, 0.4) is 0 Å². The summed E-state index contributed by atoms with van der Waals surface area (Å²) in [5.41, 5.74) is 7.28. The Morgan fingerprint density at radius 1 is 1.37 bits per heavy atom. The minimum Gasteiger partial charge on any atom is -0.397 e. The maximum atomic E-state index is 5.99. The Labute approximate surface area is 120 Å². The molecular formula is C13H16BrN3O2. The van der Waals surface area contributed by atoms with E-state index >= 15 is 0 Å². The van der Waals surface area contributed by atoms with E-state index in [0.717, 1.165) is 4.47 Å². The average molecular weight is 326 g/mol. The van der Waals surface area contributed by atoms with Crippen molar-refractivity contribution < 1.29 is 9.26 Å². The second-order valence-electron chi connectivity index (χ2n) is 4.56. The zero-order chi connectivity index (χ0) is 14.0. The minimum atomic E-state index is -0.189. The van der Waals surface area contributed by atoms with Crippen LogP contribution in [0.25, 0.3) is 11.5 Å². The lowest BCUT2D eigenvalue weighted by Crippen LogP contribution is -2.10. The van der Waals surface area contributed by atoms with Gasteiger partial charge in [0, 0.05) is 11.6 Å². The van der Waals surface area contributed by atoms with Crippen molar-refractivity contribution in [2.24, 2.45) is 5.92 Å². The zero-order valence-electron chi connectivity index (χ0n) is 11.1. The number of methoxy groups -OCH3 is 1. The number of rotatable bonds is 4.